The Morgan fingerprint density at radius 3 is 2.69 bits per heavy atom. The van der Waals surface area contributed by atoms with E-state index < -0.39 is 0 Å². The summed E-state index contributed by atoms with van der Waals surface area (Å²) >= 11 is 11.8. The summed E-state index contributed by atoms with van der Waals surface area (Å²) in [7, 11) is 1.60. The second-order valence-corrected chi connectivity index (χ2v) is 3.80. The Kier molecular flexibility index (Phi) is 3.27. The average Bonchev–Trinajstić information content (AvgIpc) is 2.30. The van der Waals surface area contributed by atoms with Crippen molar-refractivity contribution in [1.82, 2.24) is 9.97 Å². The Morgan fingerprint density at radius 1 is 1.19 bits per heavy atom. The van der Waals surface area contributed by atoms with E-state index in [9.17, 15) is 0 Å². The zero-order valence-corrected chi connectivity index (χ0v) is 9.96. The molecule has 2 rings (SSSR count). The van der Waals surface area contributed by atoms with Gasteiger partial charge in [-0.15, -0.1) is 0 Å². The van der Waals surface area contributed by atoms with Crippen LogP contribution in [0.15, 0.2) is 30.5 Å². The standard InChI is InChI=1S/C11H8Cl2N2O/c1-16-7-2-3-9(12)8(6-7)10-4-5-14-11(13)15-10/h2-6H,1H3. The number of hydrogen-bond acceptors (Lipinski definition) is 3. The van der Waals surface area contributed by atoms with Crippen molar-refractivity contribution in [2.75, 3.05) is 7.11 Å². The van der Waals surface area contributed by atoms with Gasteiger partial charge in [0.2, 0.25) is 5.28 Å². The molecule has 5 heteroatoms. The van der Waals surface area contributed by atoms with Gasteiger partial charge in [-0.05, 0) is 35.9 Å². The SMILES string of the molecule is COc1ccc(Cl)c(-c2ccnc(Cl)n2)c1. The van der Waals surface area contributed by atoms with E-state index in [-0.39, 0.29) is 5.28 Å². The zero-order valence-electron chi connectivity index (χ0n) is 8.45. The van der Waals surface area contributed by atoms with Crippen LogP contribution in [0.4, 0.5) is 0 Å². The van der Waals surface area contributed by atoms with Crippen molar-refractivity contribution >= 4 is 23.2 Å². The molecule has 0 amide bonds. The number of halogens is 2. The Morgan fingerprint density at radius 2 is 2.00 bits per heavy atom. The summed E-state index contributed by atoms with van der Waals surface area (Å²) in [6.45, 7) is 0. The first-order valence-electron chi connectivity index (χ1n) is 4.53. The number of methoxy groups -OCH3 is 1. The molecule has 1 heterocycles. The predicted molar refractivity (Wildman–Crippen MR) is 64.0 cm³/mol. The third kappa shape index (κ3) is 2.26. The Bertz CT molecular complexity index is 517. The normalized spacial score (nSPS) is 10.2. The Balaban J connectivity index is 2.54. The van der Waals surface area contributed by atoms with Crippen LogP contribution in [0.3, 0.4) is 0 Å². The highest BCUT2D eigenvalue weighted by Crippen LogP contribution is 2.30. The largest absolute Gasteiger partial charge is 0.497 e. The molecular weight excluding hydrogens is 247 g/mol. The minimum absolute atomic E-state index is 0.191. The van der Waals surface area contributed by atoms with E-state index in [1.54, 1.807) is 37.6 Å². The lowest BCUT2D eigenvalue weighted by Gasteiger charge is -2.06. The minimum atomic E-state index is 0.191. The molecule has 0 atom stereocenters. The number of nitrogens with zero attached hydrogens (tertiary/aromatic N) is 2. The van der Waals surface area contributed by atoms with Gasteiger partial charge in [0.25, 0.3) is 0 Å². The van der Waals surface area contributed by atoms with Crippen molar-refractivity contribution in [3.05, 3.63) is 40.8 Å². The third-order valence-corrected chi connectivity index (χ3v) is 2.59. The van der Waals surface area contributed by atoms with Gasteiger partial charge in [-0.2, -0.15) is 0 Å². The highest BCUT2D eigenvalue weighted by atomic mass is 35.5. The number of rotatable bonds is 2. The van der Waals surface area contributed by atoms with Crippen molar-refractivity contribution in [2.24, 2.45) is 0 Å². The van der Waals surface area contributed by atoms with Gasteiger partial charge >= 0.3 is 0 Å². The van der Waals surface area contributed by atoms with E-state index in [0.717, 1.165) is 5.56 Å². The molecule has 16 heavy (non-hydrogen) atoms. The van der Waals surface area contributed by atoms with E-state index in [4.69, 9.17) is 27.9 Å². The summed E-state index contributed by atoms with van der Waals surface area (Å²) in [5, 5.41) is 0.784. The molecule has 1 aromatic carbocycles. The summed E-state index contributed by atoms with van der Waals surface area (Å²) in [6, 6.07) is 7.09. The van der Waals surface area contributed by atoms with E-state index >= 15 is 0 Å². The molecule has 0 radical (unpaired) electrons. The molecule has 0 saturated heterocycles. The van der Waals surface area contributed by atoms with Gasteiger partial charge in [-0.3, -0.25) is 0 Å². The van der Waals surface area contributed by atoms with Crippen LogP contribution < -0.4 is 4.74 Å². The van der Waals surface area contributed by atoms with Crippen molar-refractivity contribution in [2.45, 2.75) is 0 Å². The molecular formula is C11H8Cl2N2O. The molecule has 82 valence electrons. The van der Waals surface area contributed by atoms with Gasteiger partial charge in [-0.25, -0.2) is 9.97 Å². The molecule has 2 aromatic rings. The first kappa shape index (κ1) is 11.2. The summed E-state index contributed by atoms with van der Waals surface area (Å²) in [6.07, 6.45) is 1.58. The summed E-state index contributed by atoms with van der Waals surface area (Å²) < 4.78 is 5.13. The van der Waals surface area contributed by atoms with Crippen LogP contribution in [0.2, 0.25) is 10.3 Å². The van der Waals surface area contributed by atoms with Gasteiger partial charge < -0.3 is 4.74 Å². The van der Waals surface area contributed by atoms with Gasteiger partial charge in [0, 0.05) is 11.8 Å². The molecule has 0 fully saturated rings. The highest BCUT2D eigenvalue weighted by Gasteiger charge is 2.07. The predicted octanol–water partition coefficient (Wildman–Crippen LogP) is 3.46. The topological polar surface area (TPSA) is 35.0 Å². The van der Waals surface area contributed by atoms with Gasteiger partial charge in [0.1, 0.15) is 5.75 Å². The Hall–Kier alpha value is -1.32. The second kappa shape index (κ2) is 4.68. The van der Waals surface area contributed by atoms with Crippen molar-refractivity contribution in [1.29, 1.82) is 0 Å². The maximum absolute atomic E-state index is 6.08. The lowest BCUT2D eigenvalue weighted by molar-refractivity contribution is 0.415. The molecule has 3 nitrogen and oxygen atoms in total. The van der Waals surface area contributed by atoms with Crippen LogP contribution in [0.25, 0.3) is 11.3 Å². The first-order valence-corrected chi connectivity index (χ1v) is 5.29. The fourth-order valence-electron chi connectivity index (χ4n) is 1.31. The monoisotopic (exact) mass is 254 g/mol. The van der Waals surface area contributed by atoms with Gasteiger partial charge in [0.15, 0.2) is 0 Å². The summed E-state index contributed by atoms with van der Waals surface area (Å²) in [4.78, 5) is 7.91. The lowest BCUT2D eigenvalue weighted by atomic mass is 10.1. The number of aromatic nitrogens is 2. The maximum atomic E-state index is 6.08. The molecule has 0 aliphatic carbocycles. The van der Waals surface area contributed by atoms with Crippen LogP contribution >= 0.6 is 23.2 Å². The van der Waals surface area contributed by atoms with Crippen LogP contribution in [-0.2, 0) is 0 Å². The fourth-order valence-corrected chi connectivity index (χ4v) is 1.67. The van der Waals surface area contributed by atoms with Crippen LogP contribution in [0.1, 0.15) is 0 Å². The molecule has 0 saturated carbocycles. The smallest absolute Gasteiger partial charge is 0.222 e. The molecule has 0 N–H and O–H groups in total. The van der Waals surface area contributed by atoms with Crippen molar-refractivity contribution in [3.63, 3.8) is 0 Å². The summed E-state index contributed by atoms with van der Waals surface area (Å²) in [5.74, 6) is 0.717. The average molecular weight is 255 g/mol. The van der Waals surface area contributed by atoms with Crippen LogP contribution in [-0.4, -0.2) is 17.1 Å². The molecule has 0 bridgehead atoms. The Labute approximate surface area is 103 Å². The maximum Gasteiger partial charge on any atom is 0.222 e. The number of benzene rings is 1. The second-order valence-electron chi connectivity index (χ2n) is 3.06. The van der Waals surface area contributed by atoms with Crippen LogP contribution in [0, 0.1) is 0 Å². The van der Waals surface area contributed by atoms with E-state index in [0.29, 0.717) is 16.5 Å². The summed E-state index contributed by atoms with van der Waals surface area (Å²) in [5.41, 5.74) is 1.44. The van der Waals surface area contributed by atoms with E-state index in [1.807, 2.05) is 0 Å². The van der Waals surface area contributed by atoms with Gasteiger partial charge in [0.05, 0.1) is 17.8 Å². The zero-order chi connectivity index (χ0) is 11.5. The molecule has 0 aliphatic heterocycles. The van der Waals surface area contributed by atoms with E-state index in [1.165, 1.54) is 0 Å². The van der Waals surface area contributed by atoms with Gasteiger partial charge in [-0.1, -0.05) is 11.6 Å². The third-order valence-electron chi connectivity index (χ3n) is 2.08. The van der Waals surface area contributed by atoms with Crippen molar-refractivity contribution in [3.8, 4) is 17.0 Å². The highest BCUT2D eigenvalue weighted by molar-refractivity contribution is 6.33. The number of hydrogen-bond donors (Lipinski definition) is 0. The lowest BCUT2D eigenvalue weighted by Crippen LogP contribution is -1.89. The van der Waals surface area contributed by atoms with E-state index in [2.05, 4.69) is 9.97 Å². The minimum Gasteiger partial charge on any atom is -0.497 e. The first-order chi connectivity index (χ1) is 7.70. The molecule has 1 aromatic heterocycles. The molecule has 0 spiro atoms. The van der Waals surface area contributed by atoms with Crippen LogP contribution in [0.5, 0.6) is 5.75 Å². The fraction of sp³-hybridized carbons (Fsp3) is 0.0909. The molecule has 0 unspecified atom stereocenters. The number of ether oxygens (including phenoxy) is 1. The van der Waals surface area contributed by atoms with Crippen molar-refractivity contribution < 1.29 is 4.74 Å². The quantitative estimate of drug-likeness (QED) is 0.771. The molecule has 0 aliphatic rings.